The van der Waals surface area contributed by atoms with Crippen LogP contribution in [0.1, 0.15) is 28.7 Å². The van der Waals surface area contributed by atoms with Crippen LogP contribution in [0.25, 0.3) is 0 Å². The molecule has 1 amide bonds. The van der Waals surface area contributed by atoms with Crippen molar-refractivity contribution in [3.8, 4) is 0 Å². The molecule has 2 N–H and O–H groups in total. The van der Waals surface area contributed by atoms with Gasteiger partial charge in [-0.25, -0.2) is 4.98 Å². The Morgan fingerprint density at radius 3 is 3.00 bits per heavy atom. The number of carbonyl (C=O) groups excluding carboxylic acids is 1. The first-order valence-electron chi connectivity index (χ1n) is 6.26. The van der Waals surface area contributed by atoms with Crippen molar-refractivity contribution in [1.82, 2.24) is 15.3 Å². The van der Waals surface area contributed by atoms with Crippen LogP contribution in [0.2, 0.25) is 0 Å². The van der Waals surface area contributed by atoms with Gasteiger partial charge in [-0.05, 0) is 33.8 Å². The summed E-state index contributed by atoms with van der Waals surface area (Å²) in [5.74, 6) is 0.398. The first-order valence-corrected chi connectivity index (χ1v) is 7.94. The predicted molar refractivity (Wildman–Crippen MR) is 84.0 cm³/mol. The van der Waals surface area contributed by atoms with Crippen LogP contribution in [0.3, 0.4) is 0 Å². The zero-order valence-corrected chi connectivity index (χ0v) is 13.4. The molecule has 2 rings (SSSR count). The lowest BCUT2D eigenvalue weighted by molar-refractivity contribution is 0.0946. The first kappa shape index (κ1) is 14.9. The summed E-state index contributed by atoms with van der Waals surface area (Å²) < 4.78 is 1.01. The van der Waals surface area contributed by atoms with E-state index in [0.717, 1.165) is 22.3 Å². The molecule has 2 heterocycles. The highest BCUT2D eigenvalue weighted by atomic mass is 79.9. The van der Waals surface area contributed by atoms with Crippen molar-refractivity contribution < 1.29 is 4.79 Å². The molecule has 5 nitrogen and oxygen atoms in total. The van der Waals surface area contributed by atoms with Crippen molar-refractivity contribution in [2.45, 2.75) is 19.9 Å². The van der Waals surface area contributed by atoms with E-state index in [1.54, 1.807) is 17.5 Å². The fraction of sp³-hybridized carbons (Fsp3) is 0.308. The standard InChI is InChI=1S/C13H15BrN4OS/c1-2-4-16-12-8-15-6-10(18-12)13(19)17-7-11-9(14)3-5-20-11/h3,5-6,8H,2,4,7H2,1H3,(H,16,18)(H,17,19). The van der Waals surface area contributed by atoms with Gasteiger partial charge in [-0.1, -0.05) is 6.92 Å². The molecule has 0 aliphatic heterocycles. The normalized spacial score (nSPS) is 10.3. The number of aromatic nitrogens is 2. The lowest BCUT2D eigenvalue weighted by atomic mass is 10.4. The van der Waals surface area contributed by atoms with Gasteiger partial charge >= 0.3 is 0 Å². The summed E-state index contributed by atoms with van der Waals surface area (Å²) in [7, 11) is 0. The molecule has 0 radical (unpaired) electrons. The molecule has 106 valence electrons. The Balaban J connectivity index is 1.96. The maximum absolute atomic E-state index is 12.0. The van der Waals surface area contributed by atoms with Crippen LogP contribution in [0.4, 0.5) is 5.82 Å². The largest absolute Gasteiger partial charge is 0.369 e. The molecule has 0 fully saturated rings. The number of nitrogens with zero attached hydrogens (tertiary/aromatic N) is 2. The second kappa shape index (κ2) is 7.35. The minimum absolute atomic E-state index is 0.224. The minimum Gasteiger partial charge on any atom is -0.369 e. The average Bonchev–Trinajstić information content (AvgIpc) is 2.88. The summed E-state index contributed by atoms with van der Waals surface area (Å²) in [5.41, 5.74) is 0.318. The monoisotopic (exact) mass is 354 g/mol. The topological polar surface area (TPSA) is 66.9 Å². The summed E-state index contributed by atoms with van der Waals surface area (Å²) >= 11 is 5.02. The van der Waals surface area contributed by atoms with Crippen LogP contribution in [-0.4, -0.2) is 22.4 Å². The van der Waals surface area contributed by atoms with Crippen molar-refractivity contribution in [3.05, 3.63) is 38.9 Å². The summed E-state index contributed by atoms with van der Waals surface area (Å²) in [6.07, 6.45) is 4.07. The molecule has 0 aromatic carbocycles. The Labute approximate surface area is 130 Å². The van der Waals surface area contributed by atoms with Crippen molar-refractivity contribution in [2.24, 2.45) is 0 Å². The second-order valence-corrected chi connectivity index (χ2v) is 5.95. The van der Waals surface area contributed by atoms with E-state index in [2.05, 4.69) is 43.5 Å². The summed E-state index contributed by atoms with van der Waals surface area (Å²) in [4.78, 5) is 21.4. The molecule has 0 aliphatic carbocycles. The number of hydrogen-bond donors (Lipinski definition) is 2. The predicted octanol–water partition coefficient (Wildman–Crippen LogP) is 3.05. The molecule has 0 unspecified atom stereocenters. The molecule has 0 atom stereocenters. The van der Waals surface area contributed by atoms with Gasteiger partial charge in [0.2, 0.25) is 0 Å². The Bertz CT molecular complexity index is 587. The SMILES string of the molecule is CCCNc1cncc(C(=O)NCc2sccc2Br)n1. The third-order valence-corrected chi connectivity index (χ3v) is 4.45. The van der Waals surface area contributed by atoms with E-state index in [1.165, 1.54) is 6.20 Å². The number of carbonyl (C=O) groups is 1. The molecule has 2 aromatic rings. The molecule has 7 heteroatoms. The van der Waals surface area contributed by atoms with Crippen LogP contribution < -0.4 is 10.6 Å². The van der Waals surface area contributed by atoms with Crippen LogP contribution >= 0.6 is 27.3 Å². The van der Waals surface area contributed by atoms with Gasteiger partial charge in [-0.2, -0.15) is 0 Å². The van der Waals surface area contributed by atoms with Gasteiger partial charge in [-0.3, -0.25) is 9.78 Å². The quantitative estimate of drug-likeness (QED) is 0.836. The number of amides is 1. The van der Waals surface area contributed by atoms with E-state index < -0.39 is 0 Å². The highest BCUT2D eigenvalue weighted by Gasteiger charge is 2.10. The highest BCUT2D eigenvalue weighted by molar-refractivity contribution is 9.10. The van der Waals surface area contributed by atoms with Crippen molar-refractivity contribution in [2.75, 3.05) is 11.9 Å². The molecule has 20 heavy (non-hydrogen) atoms. The Hall–Kier alpha value is -1.47. The van der Waals surface area contributed by atoms with Crippen LogP contribution in [0, 0.1) is 0 Å². The zero-order valence-electron chi connectivity index (χ0n) is 11.0. The van der Waals surface area contributed by atoms with Crippen LogP contribution in [0.15, 0.2) is 28.3 Å². The molecule has 0 spiro atoms. The summed E-state index contributed by atoms with van der Waals surface area (Å²) in [6, 6.07) is 1.96. The number of thiophene rings is 1. The van der Waals surface area contributed by atoms with Gasteiger partial charge < -0.3 is 10.6 Å². The number of hydrogen-bond acceptors (Lipinski definition) is 5. The van der Waals surface area contributed by atoms with Crippen molar-refractivity contribution in [1.29, 1.82) is 0 Å². The fourth-order valence-electron chi connectivity index (χ4n) is 1.52. The number of anilines is 1. The third kappa shape index (κ3) is 4.01. The smallest absolute Gasteiger partial charge is 0.271 e. The molecule has 0 bridgehead atoms. The zero-order chi connectivity index (χ0) is 14.4. The highest BCUT2D eigenvalue weighted by Crippen LogP contribution is 2.22. The van der Waals surface area contributed by atoms with E-state index in [4.69, 9.17) is 0 Å². The Morgan fingerprint density at radius 1 is 1.45 bits per heavy atom. The minimum atomic E-state index is -0.224. The molecule has 0 saturated carbocycles. The average molecular weight is 355 g/mol. The number of nitrogens with one attached hydrogen (secondary N) is 2. The molecule has 0 saturated heterocycles. The molecule has 0 aliphatic rings. The maximum atomic E-state index is 12.0. The van der Waals surface area contributed by atoms with Crippen molar-refractivity contribution >= 4 is 39.0 Å². The Morgan fingerprint density at radius 2 is 2.30 bits per heavy atom. The Kier molecular flexibility index (Phi) is 5.49. The number of rotatable bonds is 6. The van der Waals surface area contributed by atoms with Gasteiger partial charge in [0.1, 0.15) is 11.5 Å². The maximum Gasteiger partial charge on any atom is 0.271 e. The molecular formula is C13H15BrN4OS. The van der Waals surface area contributed by atoms with Crippen LogP contribution in [-0.2, 0) is 6.54 Å². The second-order valence-electron chi connectivity index (χ2n) is 4.09. The molecule has 2 aromatic heterocycles. The third-order valence-electron chi connectivity index (χ3n) is 2.52. The van der Waals surface area contributed by atoms with E-state index in [0.29, 0.717) is 18.1 Å². The van der Waals surface area contributed by atoms with Gasteiger partial charge in [0.15, 0.2) is 0 Å². The number of halogens is 1. The van der Waals surface area contributed by atoms with Gasteiger partial charge in [0, 0.05) is 15.9 Å². The van der Waals surface area contributed by atoms with E-state index in [1.807, 2.05) is 11.4 Å². The van der Waals surface area contributed by atoms with Gasteiger partial charge in [-0.15, -0.1) is 11.3 Å². The summed E-state index contributed by atoms with van der Waals surface area (Å²) in [6.45, 7) is 3.35. The van der Waals surface area contributed by atoms with Gasteiger partial charge in [0.25, 0.3) is 5.91 Å². The van der Waals surface area contributed by atoms with Crippen molar-refractivity contribution in [3.63, 3.8) is 0 Å². The van der Waals surface area contributed by atoms with Crippen LogP contribution in [0.5, 0.6) is 0 Å². The van der Waals surface area contributed by atoms with E-state index in [9.17, 15) is 4.79 Å². The lowest BCUT2D eigenvalue weighted by Crippen LogP contribution is -2.24. The first-order chi connectivity index (χ1) is 9.70. The lowest BCUT2D eigenvalue weighted by Gasteiger charge is -2.06. The summed E-state index contributed by atoms with van der Waals surface area (Å²) in [5, 5.41) is 7.92. The fourth-order valence-corrected chi connectivity index (χ4v) is 2.95. The van der Waals surface area contributed by atoms with E-state index >= 15 is 0 Å². The molecular weight excluding hydrogens is 340 g/mol. The van der Waals surface area contributed by atoms with E-state index in [-0.39, 0.29) is 5.91 Å². The van der Waals surface area contributed by atoms with Gasteiger partial charge in [0.05, 0.1) is 18.9 Å².